The Morgan fingerprint density at radius 1 is 1.00 bits per heavy atom. The van der Waals surface area contributed by atoms with Crippen molar-refractivity contribution in [1.29, 1.82) is 0 Å². The molecule has 1 saturated heterocycles. The highest BCUT2D eigenvalue weighted by Gasteiger charge is 2.23. The maximum atomic E-state index is 12.8. The van der Waals surface area contributed by atoms with Crippen LogP contribution in [0.3, 0.4) is 0 Å². The molecule has 2 aromatic carbocycles. The molecule has 1 fully saturated rings. The summed E-state index contributed by atoms with van der Waals surface area (Å²) in [5, 5.41) is 10.0. The molecule has 0 spiro atoms. The van der Waals surface area contributed by atoms with Gasteiger partial charge >= 0.3 is 0 Å². The first-order valence-electron chi connectivity index (χ1n) is 9.95. The quantitative estimate of drug-likeness (QED) is 0.545. The minimum atomic E-state index is 0.130. The Morgan fingerprint density at radius 2 is 1.70 bits per heavy atom. The van der Waals surface area contributed by atoms with Crippen LogP contribution in [0.1, 0.15) is 11.4 Å². The van der Waals surface area contributed by atoms with Gasteiger partial charge in [0.25, 0.3) is 0 Å². The molecule has 3 aromatic rings. The first-order valence-corrected chi connectivity index (χ1v) is 11.3. The molecule has 0 atom stereocenters. The van der Waals surface area contributed by atoms with E-state index in [0.717, 1.165) is 34.8 Å². The molecule has 30 heavy (non-hydrogen) atoms. The molecule has 1 amide bonds. The van der Waals surface area contributed by atoms with Crippen LogP contribution >= 0.6 is 23.4 Å². The second kappa shape index (κ2) is 9.53. The van der Waals surface area contributed by atoms with Crippen molar-refractivity contribution in [3.8, 4) is 0 Å². The Labute approximate surface area is 185 Å². The van der Waals surface area contributed by atoms with Crippen molar-refractivity contribution in [1.82, 2.24) is 19.7 Å². The van der Waals surface area contributed by atoms with E-state index in [2.05, 4.69) is 31.8 Å². The molecule has 6 nitrogen and oxygen atoms in total. The zero-order chi connectivity index (χ0) is 20.9. The van der Waals surface area contributed by atoms with Crippen molar-refractivity contribution in [2.24, 2.45) is 0 Å². The Kier molecular flexibility index (Phi) is 6.59. The molecule has 156 valence electrons. The minimum Gasteiger partial charge on any atom is -0.367 e. The highest BCUT2D eigenvalue weighted by molar-refractivity contribution is 7.99. The molecule has 8 heteroatoms. The topological polar surface area (TPSA) is 54.3 Å². The zero-order valence-electron chi connectivity index (χ0n) is 16.9. The van der Waals surface area contributed by atoms with E-state index in [1.807, 2.05) is 54.3 Å². The molecule has 1 aliphatic heterocycles. The van der Waals surface area contributed by atoms with Crippen LogP contribution in [0.15, 0.2) is 59.8 Å². The van der Waals surface area contributed by atoms with Crippen LogP contribution in [0.2, 0.25) is 5.02 Å². The van der Waals surface area contributed by atoms with Crippen LogP contribution in [0.5, 0.6) is 0 Å². The number of nitrogens with zero attached hydrogens (tertiary/aromatic N) is 5. The van der Waals surface area contributed by atoms with Gasteiger partial charge < -0.3 is 14.4 Å². The number of carbonyl (C=O) groups is 1. The first kappa shape index (κ1) is 20.8. The van der Waals surface area contributed by atoms with Crippen LogP contribution in [0, 0.1) is 6.92 Å². The molecular weight excluding hydrogens is 418 g/mol. The summed E-state index contributed by atoms with van der Waals surface area (Å²) in [7, 11) is 0. The van der Waals surface area contributed by atoms with Crippen molar-refractivity contribution in [3.63, 3.8) is 0 Å². The lowest BCUT2D eigenvalue weighted by Crippen LogP contribution is -2.49. The Morgan fingerprint density at radius 3 is 2.43 bits per heavy atom. The number of halogens is 1. The van der Waals surface area contributed by atoms with Crippen molar-refractivity contribution in [2.75, 3.05) is 36.8 Å². The highest BCUT2D eigenvalue weighted by Crippen LogP contribution is 2.26. The third-order valence-electron chi connectivity index (χ3n) is 5.24. The average molecular weight is 442 g/mol. The van der Waals surface area contributed by atoms with Crippen LogP contribution in [0.4, 0.5) is 5.69 Å². The summed E-state index contributed by atoms with van der Waals surface area (Å²) < 4.78 is 2.06. The summed E-state index contributed by atoms with van der Waals surface area (Å²) in [6, 6.07) is 18.1. The van der Waals surface area contributed by atoms with Crippen molar-refractivity contribution < 1.29 is 4.79 Å². The summed E-state index contributed by atoms with van der Waals surface area (Å²) in [5.74, 6) is 1.34. The molecule has 2 heterocycles. The normalized spacial score (nSPS) is 14.2. The average Bonchev–Trinajstić information content (AvgIpc) is 3.12. The van der Waals surface area contributed by atoms with Crippen LogP contribution in [-0.2, 0) is 11.3 Å². The van der Waals surface area contributed by atoms with Gasteiger partial charge in [0, 0.05) is 26.2 Å². The molecule has 0 N–H and O–H groups in total. The largest absolute Gasteiger partial charge is 0.367 e. The van der Waals surface area contributed by atoms with Gasteiger partial charge in [0.05, 0.1) is 23.0 Å². The van der Waals surface area contributed by atoms with Gasteiger partial charge in [0.2, 0.25) is 5.91 Å². The predicted molar refractivity (Wildman–Crippen MR) is 121 cm³/mol. The molecule has 0 radical (unpaired) electrons. The van der Waals surface area contributed by atoms with Gasteiger partial charge in [-0.05, 0) is 24.6 Å². The van der Waals surface area contributed by atoms with E-state index in [1.165, 1.54) is 17.3 Å². The number of hydrogen-bond donors (Lipinski definition) is 0. The smallest absolute Gasteiger partial charge is 0.233 e. The highest BCUT2D eigenvalue weighted by atomic mass is 35.5. The molecule has 1 aromatic heterocycles. The SMILES string of the molecule is Cc1nnc(SCC(=O)N2CCN(c3ccccc3Cl)CC2)n1Cc1ccccc1. The second-order valence-corrected chi connectivity index (χ2v) is 8.56. The van der Waals surface area contributed by atoms with Gasteiger partial charge in [-0.1, -0.05) is 65.8 Å². The van der Waals surface area contributed by atoms with E-state index < -0.39 is 0 Å². The number of hydrogen-bond acceptors (Lipinski definition) is 5. The van der Waals surface area contributed by atoms with Gasteiger partial charge in [-0.25, -0.2) is 0 Å². The Balaban J connectivity index is 1.32. The second-order valence-electron chi connectivity index (χ2n) is 7.21. The number of aryl methyl sites for hydroxylation is 1. The van der Waals surface area contributed by atoms with E-state index in [4.69, 9.17) is 11.6 Å². The zero-order valence-corrected chi connectivity index (χ0v) is 18.4. The van der Waals surface area contributed by atoms with E-state index in [1.54, 1.807) is 0 Å². The van der Waals surface area contributed by atoms with Gasteiger partial charge in [-0.3, -0.25) is 4.79 Å². The number of carbonyl (C=O) groups excluding carboxylic acids is 1. The lowest BCUT2D eigenvalue weighted by Gasteiger charge is -2.36. The number of aromatic nitrogens is 3. The number of amides is 1. The summed E-state index contributed by atoms with van der Waals surface area (Å²) in [5.41, 5.74) is 2.22. The number of para-hydroxylation sites is 1. The number of thioether (sulfide) groups is 1. The molecule has 0 aliphatic carbocycles. The van der Waals surface area contributed by atoms with Gasteiger partial charge in [0.15, 0.2) is 5.16 Å². The first-order chi connectivity index (χ1) is 14.6. The van der Waals surface area contributed by atoms with Crippen LogP contribution < -0.4 is 4.90 Å². The maximum Gasteiger partial charge on any atom is 0.233 e. The van der Waals surface area contributed by atoms with Crippen molar-refractivity contribution in [2.45, 2.75) is 18.6 Å². The fourth-order valence-electron chi connectivity index (χ4n) is 3.54. The molecule has 0 unspecified atom stereocenters. The third-order valence-corrected chi connectivity index (χ3v) is 6.51. The summed E-state index contributed by atoms with van der Waals surface area (Å²) in [4.78, 5) is 16.9. The Hall–Kier alpha value is -2.51. The number of anilines is 1. The molecule has 0 saturated carbocycles. The standard InChI is InChI=1S/C22H24ClN5OS/c1-17-24-25-22(28(17)15-18-7-3-2-4-8-18)30-16-21(29)27-13-11-26(12-14-27)20-10-6-5-9-19(20)23/h2-10H,11-16H2,1H3. The van der Waals surface area contributed by atoms with E-state index >= 15 is 0 Å². The van der Waals surface area contributed by atoms with Crippen LogP contribution in [0.25, 0.3) is 0 Å². The Bertz CT molecular complexity index is 1000. The molecule has 0 bridgehead atoms. The fraction of sp³-hybridized carbons (Fsp3) is 0.318. The lowest BCUT2D eigenvalue weighted by molar-refractivity contribution is -0.128. The van der Waals surface area contributed by atoms with Gasteiger partial charge in [0.1, 0.15) is 5.82 Å². The van der Waals surface area contributed by atoms with E-state index in [0.29, 0.717) is 25.4 Å². The summed E-state index contributed by atoms with van der Waals surface area (Å²) in [6.45, 7) is 5.59. The van der Waals surface area contributed by atoms with E-state index in [-0.39, 0.29) is 5.91 Å². The summed E-state index contributed by atoms with van der Waals surface area (Å²) >= 11 is 7.76. The predicted octanol–water partition coefficient (Wildman–Crippen LogP) is 3.73. The summed E-state index contributed by atoms with van der Waals surface area (Å²) in [6.07, 6.45) is 0. The lowest BCUT2D eigenvalue weighted by atomic mass is 10.2. The van der Waals surface area contributed by atoms with Crippen molar-refractivity contribution >= 4 is 35.0 Å². The molecule has 1 aliphatic rings. The monoisotopic (exact) mass is 441 g/mol. The number of benzene rings is 2. The fourth-order valence-corrected chi connectivity index (χ4v) is 4.68. The molecule has 4 rings (SSSR count). The number of piperazine rings is 1. The van der Waals surface area contributed by atoms with Crippen molar-refractivity contribution in [3.05, 3.63) is 71.0 Å². The maximum absolute atomic E-state index is 12.8. The number of rotatable bonds is 6. The van der Waals surface area contributed by atoms with Crippen LogP contribution in [-0.4, -0.2) is 57.5 Å². The van der Waals surface area contributed by atoms with Gasteiger partial charge in [-0.2, -0.15) is 0 Å². The third kappa shape index (κ3) is 4.79. The van der Waals surface area contributed by atoms with Gasteiger partial charge in [-0.15, -0.1) is 10.2 Å². The van der Waals surface area contributed by atoms with E-state index in [9.17, 15) is 4.79 Å². The minimum absolute atomic E-state index is 0.130. The molecular formula is C22H24ClN5OS.